The highest BCUT2D eigenvalue weighted by atomic mass is 16.1. The van der Waals surface area contributed by atoms with Gasteiger partial charge in [0.25, 0.3) is 5.56 Å². The molecule has 92 valence electrons. The van der Waals surface area contributed by atoms with E-state index in [0.29, 0.717) is 5.82 Å². The average Bonchev–Trinajstić information content (AvgIpc) is 2.37. The summed E-state index contributed by atoms with van der Waals surface area (Å²) >= 11 is 0. The molecule has 1 aliphatic rings. The van der Waals surface area contributed by atoms with Gasteiger partial charge in [-0.15, -0.1) is 0 Å². The van der Waals surface area contributed by atoms with Crippen molar-refractivity contribution in [1.29, 1.82) is 0 Å². The smallest absolute Gasteiger partial charge is 0.252 e. The van der Waals surface area contributed by atoms with Crippen LogP contribution in [0, 0.1) is 0 Å². The van der Waals surface area contributed by atoms with Crippen LogP contribution in [0.2, 0.25) is 0 Å². The maximum atomic E-state index is 11.4. The van der Waals surface area contributed by atoms with E-state index < -0.39 is 0 Å². The van der Waals surface area contributed by atoms with E-state index in [1.54, 1.807) is 0 Å². The van der Waals surface area contributed by atoms with E-state index in [-0.39, 0.29) is 5.56 Å². The summed E-state index contributed by atoms with van der Waals surface area (Å²) in [6.45, 7) is 4.69. The van der Waals surface area contributed by atoms with Crippen molar-refractivity contribution >= 4 is 5.82 Å². The fraction of sp³-hybridized carbons (Fsp3) is 0.500. The SMILES string of the molecule is CCc1nc(NCC2=CCNCC2)cc(=O)[nH]1. The number of H-pyrrole nitrogens is 1. The van der Waals surface area contributed by atoms with Crippen LogP contribution in [-0.4, -0.2) is 29.6 Å². The normalized spacial score (nSPS) is 15.5. The molecular formula is C12H18N4O. The van der Waals surface area contributed by atoms with Crippen molar-refractivity contribution in [3.8, 4) is 0 Å². The summed E-state index contributed by atoms with van der Waals surface area (Å²) in [7, 11) is 0. The molecule has 1 aromatic rings. The predicted molar refractivity (Wildman–Crippen MR) is 68.3 cm³/mol. The first kappa shape index (κ1) is 11.9. The van der Waals surface area contributed by atoms with Crippen LogP contribution >= 0.6 is 0 Å². The number of hydrogen-bond donors (Lipinski definition) is 3. The van der Waals surface area contributed by atoms with Gasteiger partial charge in [0.05, 0.1) is 0 Å². The van der Waals surface area contributed by atoms with Gasteiger partial charge in [0.2, 0.25) is 0 Å². The molecule has 0 bridgehead atoms. The van der Waals surface area contributed by atoms with Gasteiger partial charge >= 0.3 is 0 Å². The number of anilines is 1. The summed E-state index contributed by atoms with van der Waals surface area (Å²) in [5, 5.41) is 6.47. The Morgan fingerprint density at radius 2 is 2.41 bits per heavy atom. The van der Waals surface area contributed by atoms with Gasteiger partial charge in [-0.2, -0.15) is 0 Å². The van der Waals surface area contributed by atoms with Crippen molar-refractivity contribution < 1.29 is 0 Å². The van der Waals surface area contributed by atoms with Crippen molar-refractivity contribution in [2.75, 3.05) is 25.0 Å². The van der Waals surface area contributed by atoms with Gasteiger partial charge in [-0.3, -0.25) is 4.79 Å². The molecule has 1 aliphatic heterocycles. The Balaban J connectivity index is 2.00. The zero-order chi connectivity index (χ0) is 12.1. The molecule has 0 saturated heterocycles. The first-order valence-corrected chi connectivity index (χ1v) is 6.00. The zero-order valence-electron chi connectivity index (χ0n) is 10.0. The summed E-state index contributed by atoms with van der Waals surface area (Å²) < 4.78 is 0. The first-order chi connectivity index (χ1) is 8.28. The van der Waals surface area contributed by atoms with Crippen molar-refractivity contribution in [3.63, 3.8) is 0 Å². The number of hydrogen-bond acceptors (Lipinski definition) is 4. The lowest BCUT2D eigenvalue weighted by Crippen LogP contribution is -2.23. The van der Waals surface area contributed by atoms with Gasteiger partial charge in [-0.25, -0.2) is 4.98 Å². The number of aromatic nitrogens is 2. The van der Waals surface area contributed by atoms with Crippen LogP contribution in [-0.2, 0) is 6.42 Å². The van der Waals surface area contributed by atoms with E-state index in [4.69, 9.17) is 0 Å². The standard InChI is InChI=1S/C12H18N4O/c1-2-10-15-11(7-12(17)16-10)14-8-9-3-5-13-6-4-9/h3,7,13H,2,4-6,8H2,1H3,(H2,14,15,16,17). The molecule has 5 heteroatoms. The summed E-state index contributed by atoms with van der Waals surface area (Å²) in [6, 6.07) is 1.50. The Kier molecular flexibility index (Phi) is 3.93. The summed E-state index contributed by atoms with van der Waals surface area (Å²) in [5.41, 5.74) is 1.27. The van der Waals surface area contributed by atoms with E-state index in [0.717, 1.165) is 38.3 Å². The number of aromatic amines is 1. The van der Waals surface area contributed by atoms with Gasteiger partial charge in [0.15, 0.2) is 0 Å². The molecule has 1 aromatic heterocycles. The topological polar surface area (TPSA) is 69.8 Å². The van der Waals surface area contributed by atoms with E-state index >= 15 is 0 Å². The minimum Gasteiger partial charge on any atom is -0.366 e. The first-order valence-electron chi connectivity index (χ1n) is 6.00. The number of nitrogens with one attached hydrogen (secondary N) is 3. The minimum atomic E-state index is -0.0985. The van der Waals surface area contributed by atoms with Gasteiger partial charge in [-0.1, -0.05) is 18.6 Å². The Labute approximate surface area is 100 Å². The molecule has 3 N–H and O–H groups in total. The molecule has 2 rings (SSSR count). The second-order valence-corrected chi connectivity index (χ2v) is 4.10. The fourth-order valence-electron chi connectivity index (χ4n) is 1.80. The van der Waals surface area contributed by atoms with Gasteiger partial charge in [-0.05, 0) is 13.0 Å². The van der Waals surface area contributed by atoms with Crippen LogP contribution in [0.5, 0.6) is 0 Å². The highest BCUT2D eigenvalue weighted by Crippen LogP contribution is 2.06. The van der Waals surface area contributed by atoms with Gasteiger partial charge < -0.3 is 15.6 Å². The van der Waals surface area contributed by atoms with Crippen molar-refractivity contribution in [1.82, 2.24) is 15.3 Å². The van der Waals surface area contributed by atoms with Gasteiger partial charge in [0, 0.05) is 25.6 Å². The fourth-order valence-corrected chi connectivity index (χ4v) is 1.80. The molecule has 0 unspecified atom stereocenters. The molecule has 0 spiro atoms. The summed E-state index contributed by atoms with van der Waals surface area (Å²) in [4.78, 5) is 18.4. The Hall–Kier alpha value is -1.62. The quantitative estimate of drug-likeness (QED) is 0.669. The molecule has 17 heavy (non-hydrogen) atoms. The lowest BCUT2D eigenvalue weighted by molar-refractivity contribution is 0.697. The molecule has 2 heterocycles. The third-order valence-corrected chi connectivity index (χ3v) is 2.78. The van der Waals surface area contributed by atoms with Crippen molar-refractivity contribution in [2.45, 2.75) is 19.8 Å². The Morgan fingerprint density at radius 1 is 1.53 bits per heavy atom. The third kappa shape index (κ3) is 3.42. The highest BCUT2D eigenvalue weighted by Gasteiger charge is 2.04. The second kappa shape index (κ2) is 5.63. The average molecular weight is 234 g/mol. The Morgan fingerprint density at radius 3 is 3.12 bits per heavy atom. The molecule has 5 nitrogen and oxygen atoms in total. The largest absolute Gasteiger partial charge is 0.366 e. The molecule has 0 aromatic carbocycles. The molecule has 0 aliphatic carbocycles. The van der Waals surface area contributed by atoms with Crippen molar-refractivity contribution in [3.05, 3.63) is 33.9 Å². The molecule has 0 radical (unpaired) electrons. The van der Waals surface area contributed by atoms with E-state index in [2.05, 4.69) is 26.7 Å². The minimum absolute atomic E-state index is 0.0985. The molecule has 0 saturated carbocycles. The lowest BCUT2D eigenvalue weighted by Gasteiger charge is -2.14. The zero-order valence-corrected chi connectivity index (χ0v) is 10.0. The number of nitrogens with zero attached hydrogens (tertiary/aromatic N) is 1. The lowest BCUT2D eigenvalue weighted by atomic mass is 10.1. The summed E-state index contributed by atoms with van der Waals surface area (Å²) in [6.07, 6.45) is 3.97. The molecule has 0 amide bonds. The monoisotopic (exact) mass is 234 g/mol. The van der Waals surface area contributed by atoms with E-state index in [1.807, 2.05) is 6.92 Å². The molecule has 0 atom stereocenters. The van der Waals surface area contributed by atoms with Crippen LogP contribution < -0.4 is 16.2 Å². The maximum Gasteiger partial charge on any atom is 0.252 e. The van der Waals surface area contributed by atoms with Crippen LogP contribution in [0.1, 0.15) is 19.2 Å². The summed E-state index contributed by atoms with van der Waals surface area (Å²) in [5.74, 6) is 1.38. The highest BCUT2D eigenvalue weighted by molar-refractivity contribution is 5.35. The predicted octanol–water partition coefficient (Wildman–Crippen LogP) is 0.664. The number of rotatable bonds is 4. The molecular weight excluding hydrogens is 216 g/mol. The van der Waals surface area contributed by atoms with Crippen LogP contribution in [0.15, 0.2) is 22.5 Å². The van der Waals surface area contributed by atoms with E-state index in [9.17, 15) is 4.79 Å². The van der Waals surface area contributed by atoms with Crippen LogP contribution in [0.4, 0.5) is 5.82 Å². The second-order valence-electron chi connectivity index (χ2n) is 4.10. The van der Waals surface area contributed by atoms with Crippen LogP contribution in [0.25, 0.3) is 0 Å². The van der Waals surface area contributed by atoms with E-state index in [1.165, 1.54) is 11.6 Å². The third-order valence-electron chi connectivity index (χ3n) is 2.78. The Bertz CT molecular complexity index is 464. The van der Waals surface area contributed by atoms with Crippen LogP contribution in [0.3, 0.4) is 0 Å². The molecule has 0 fully saturated rings. The van der Waals surface area contributed by atoms with Crippen molar-refractivity contribution in [2.24, 2.45) is 0 Å². The number of aryl methyl sites for hydroxylation is 1. The maximum absolute atomic E-state index is 11.4. The van der Waals surface area contributed by atoms with Gasteiger partial charge in [0.1, 0.15) is 11.6 Å².